The van der Waals surface area contributed by atoms with Crippen molar-refractivity contribution in [1.82, 2.24) is 15.1 Å². The third-order valence-corrected chi connectivity index (χ3v) is 6.04. The molecule has 1 N–H and O–H groups in total. The van der Waals surface area contributed by atoms with E-state index in [-0.39, 0.29) is 35.4 Å². The standard InChI is InChI=1S/C16H22FN3O4S/c1-18-16(22)14-11-20(9-8-19(14)2)15(21)7-10-25(23,24)13-5-3-12(17)4-6-13/h3-6,14H,7-11H2,1-2H3,(H,18,22). The topological polar surface area (TPSA) is 86.8 Å². The number of carbonyl (C=O) groups excluding carboxylic acids is 2. The van der Waals surface area contributed by atoms with Gasteiger partial charge in [-0.2, -0.15) is 0 Å². The van der Waals surface area contributed by atoms with Crippen LogP contribution in [-0.2, 0) is 19.4 Å². The van der Waals surface area contributed by atoms with Crippen molar-refractivity contribution in [2.24, 2.45) is 0 Å². The van der Waals surface area contributed by atoms with Crippen LogP contribution < -0.4 is 5.32 Å². The highest BCUT2D eigenvalue weighted by molar-refractivity contribution is 7.91. The van der Waals surface area contributed by atoms with Gasteiger partial charge in [0, 0.05) is 33.1 Å². The number of hydrogen-bond donors (Lipinski definition) is 1. The van der Waals surface area contributed by atoms with Crippen molar-refractivity contribution in [3.63, 3.8) is 0 Å². The average Bonchev–Trinajstić information content (AvgIpc) is 2.60. The SMILES string of the molecule is CNC(=O)C1CN(C(=O)CCS(=O)(=O)c2ccc(F)cc2)CCN1C. The Bertz CT molecular complexity index is 736. The fraction of sp³-hybridized carbons (Fsp3) is 0.500. The molecule has 9 heteroatoms. The van der Waals surface area contributed by atoms with E-state index in [1.165, 1.54) is 24.1 Å². The minimum Gasteiger partial charge on any atom is -0.358 e. The zero-order chi connectivity index (χ0) is 18.6. The van der Waals surface area contributed by atoms with E-state index in [4.69, 9.17) is 0 Å². The van der Waals surface area contributed by atoms with Crippen molar-refractivity contribution >= 4 is 21.7 Å². The summed E-state index contributed by atoms with van der Waals surface area (Å²) in [6.45, 7) is 1.21. The average molecular weight is 371 g/mol. The van der Waals surface area contributed by atoms with Gasteiger partial charge in [0.25, 0.3) is 0 Å². The Kier molecular flexibility index (Phi) is 6.12. The molecule has 0 spiro atoms. The second-order valence-corrected chi connectivity index (χ2v) is 8.08. The first-order valence-corrected chi connectivity index (χ1v) is 9.58. The van der Waals surface area contributed by atoms with Gasteiger partial charge in [-0.15, -0.1) is 0 Å². The molecular weight excluding hydrogens is 349 g/mol. The Morgan fingerprint density at radius 1 is 1.24 bits per heavy atom. The Labute approximate surface area is 146 Å². The van der Waals surface area contributed by atoms with Crippen LogP contribution in [0.5, 0.6) is 0 Å². The number of likely N-dealkylation sites (N-methyl/N-ethyl adjacent to an activating group) is 2. The number of nitrogens with zero attached hydrogens (tertiary/aromatic N) is 2. The molecule has 0 aromatic heterocycles. The normalized spacial score (nSPS) is 18.8. The molecule has 1 fully saturated rings. The summed E-state index contributed by atoms with van der Waals surface area (Å²) in [5.41, 5.74) is 0. The number of sulfone groups is 1. The van der Waals surface area contributed by atoms with Crippen molar-refractivity contribution in [3.8, 4) is 0 Å². The quantitative estimate of drug-likeness (QED) is 0.729. The predicted molar refractivity (Wildman–Crippen MR) is 90.1 cm³/mol. The lowest BCUT2D eigenvalue weighted by Gasteiger charge is -2.38. The minimum absolute atomic E-state index is 0.0108. The smallest absolute Gasteiger partial charge is 0.238 e. The molecule has 1 saturated heterocycles. The summed E-state index contributed by atoms with van der Waals surface area (Å²) in [7, 11) is -0.320. The maximum Gasteiger partial charge on any atom is 0.238 e. The molecule has 0 radical (unpaired) electrons. The molecule has 1 aliphatic heterocycles. The van der Waals surface area contributed by atoms with Gasteiger partial charge in [-0.1, -0.05) is 0 Å². The van der Waals surface area contributed by atoms with Gasteiger partial charge in [-0.05, 0) is 31.3 Å². The van der Waals surface area contributed by atoms with Crippen LogP contribution in [0.25, 0.3) is 0 Å². The van der Waals surface area contributed by atoms with E-state index in [0.717, 1.165) is 12.1 Å². The van der Waals surface area contributed by atoms with Crippen molar-refractivity contribution < 1.29 is 22.4 Å². The Hall–Kier alpha value is -2.00. The number of nitrogens with one attached hydrogen (secondary N) is 1. The molecular formula is C16H22FN3O4S. The van der Waals surface area contributed by atoms with Crippen molar-refractivity contribution in [1.29, 1.82) is 0 Å². The minimum atomic E-state index is -3.66. The number of carbonyl (C=O) groups is 2. The highest BCUT2D eigenvalue weighted by Gasteiger charge is 2.32. The van der Waals surface area contributed by atoms with Gasteiger partial charge < -0.3 is 10.2 Å². The van der Waals surface area contributed by atoms with Gasteiger partial charge in [0.1, 0.15) is 11.9 Å². The maximum atomic E-state index is 12.9. The van der Waals surface area contributed by atoms with Crippen LogP contribution in [0, 0.1) is 5.82 Å². The van der Waals surface area contributed by atoms with Gasteiger partial charge in [0.05, 0.1) is 10.6 Å². The van der Waals surface area contributed by atoms with E-state index < -0.39 is 21.7 Å². The molecule has 1 heterocycles. The summed E-state index contributed by atoms with van der Waals surface area (Å²) in [5, 5.41) is 2.56. The number of halogens is 1. The van der Waals surface area contributed by atoms with Gasteiger partial charge in [-0.3, -0.25) is 14.5 Å². The fourth-order valence-electron chi connectivity index (χ4n) is 2.69. The lowest BCUT2D eigenvalue weighted by Crippen LogP contribution is -2.58. The number of benzene rings is 1. The number of piperazine rings is 1. The van der Waals surface area contributed by atoms with Crippen LogP contribution in [0.15, 0.2) is 29.2 Å². The van der Waals surface area contributed by atoms with E-state index in [1.807, 2.05) is 4.90 Å². The molecule has 1 aromatic rings. The van der Waals surface area contributed by atoms with Gasteiger partial charge >= 0.3 is 0 Å². The van der Waals surface area contributed by atoms with E-state index >= 15 is 0 Å². The lowest BCUT2D eigenvalue weighted by molar-refractivity contribution is -0.137. The number of rotatable bonds is 5. The lowest BCUT2D eigenvalue weighted by atomic mass is 10.1. The zero-order valence-electron chi connectivity index (χ0n) is 14.2. The third kappa shape index (κ3) is 4.76. The first kappa shape index (κ1) is 19.3. The highest BCUT2D eigenvalue weighted by Crippen LogP contribution is 2.15. The van der Waals surface area contributed by atoms with Crippen LogP contribution in [0.1, 0.15) is 6.42 Å². The van der Waals surface area contributed by atoms with Crippen molar-refractivity contribution in [2.45, 2.75) is 17.4 Å². The molecule has 25 heavy (non-hydrogen) atoms. The van der Waals surface area contributed by atoms with Crippen LogP contribution in [0.4, 0.5) is 4.39 Å². The summed E-state index contributed by atoms with van der Waals surface area (Å²) in [5.74, 6) is -1.37. The molecule has 1 unspecified atom stereocenters. The third-order valence-electron chi connectivity index (χ3n) is 4.31. The zero-order valence-corrected chi connectivity index (χ0v) is 15.1. The van der Waals surface area contributed by atoms with Gasteiger partial charge in [-0.25, -0.2) is 12.8 Å². The molecule has 1 aromatic carbocycles. The number of amides is 2. The first-order valence-electron chi connectivity index (χ1n) is 7.92. The number of hydrogen-bond acceptors (Lipinski definition) is 5. The molecule has 1 aliphatic rings. The van der Waals surface area contributed by atoms with Crippen LogP contribution in [-0.4, -0.2) is 75.6 Å². The largest absolute Gasteiger partial charge is 0.358 e. The summed E-state index contributed by atoms with van der Waals surface area (Å²) >= 11 is 0. The summed E-state index contributed by atoms with van der Waals surface area (Å²) in [6.07, 6.45) is -0.177. The van der Waals surface area contributed by atoms with Crippen LogP contribution in [0.2, 0.25) is 0 Å². The van der Waals surface area contributed by atoms with E-state index in [1.54, 1.807) is 7.05 Å². The second kappa shape index (κ2) is 7.92. The molecule has 0 aliphatic carbocycles. The maximum absolute atomic E-state index is 12.9. The molecule has 138 valence electrons. The van der Waals surface area contributed by atoms with Gasteiger partial charge in [0.2, 0.25) is 11.8 Å². The molecule has 1 atom stereocenters. The van der Waals surface area contributed by atoms with Crippen molar-refractivity contribution in [3.05, 3.63) is 30.1 Å². The van der Waals surface area contributed by atoms with Crippen LogP contribution in [0.3, 0.4) is 0 Å². The molecule has 2 amide bonds. The first-order chi connectivity index (χ1) is 11.7. The Balaban J connectivity index is 1.97. The monoisotopic (exact) mass is 371 g/mol. The summed E-state index contributed by atoms with van der Waals surface area (Å²) < 4.78 is 37.4. The highest BCUT2D eigenvalue weighted by atomic mass is 32.2. The van der Waals surface area contributed by atoms with Crippen molar-refractivity contribution in [2.75, 3.05) is 39.5 Å². The second-order valence-electron chi connectivity index (χ2n) is 5.97. The van der Waals surface area contributed by atoms with E-state index in [0.29, 0.717) is 13.1 Å². The predicted octanol–water partition coefficient (Wildman–Crippen LogP) is -0.122. The molecule has 0 bridgehead atoms. The summed E-state index contributed by atoms with van der Waals surface area (Å²) in [6, 6.07) is 4.07. The molecule has 7 nitrogen and oxygen atoms in total. The fourth-order valence-corrected chi connectivity index (χ4v) is 3.92. The Morgan fingerprint density at radius 2 is 1.88 bits per heavy atom. The summed E-state index contributed by atoms with van der Waals surface area (Å²) in [4.78, 5) is 27.6. The van der Waals surface area contributed by atoms with E-state index in [2.05, 4.69) is 5.32 Å². The Morgan fingerprint density at radius 3 is 2.48 bits per heavy atom. The van der Waals surface area contributed by atoms with E-state index in [9.17, 15) is 22.4 Å². The van der Waals surface area contributed by atoms with Gasteiger partial charge in [0.15, 0.2) is 9.84 Å². The van der Waals surface area contributed by atoms with Crippen LogP contribution >= 0.6 is 0 Å². The molecule has 0 saturated carbocycles. The molecule has 2 rings (SSSR count).